The molecule has 8 heteroatoms. The molecule has 0 aliphatic carbocycles. The number of hydrogen-bond donors (Lipinski definition) is 0. The molecular weight excluding hydrogens is 321 g/mol. The largest absolute Gasteiger partial charge is 1.00 e. The molecule has 0 N–H and O–H groups in total. The zero-order chi connectivity index (χ0) is 14.3. The van der Waals surface area contributed by atoms with Gasteiger partial charge in [0.1, 0.15) is 11.4 Å². The number of ether oxygens (including phenoxy) is 1. The molecule has 5 nitrogen and oxygen atoms in total. The van der Waals surface area contributed by atoms with E-state index in [0.29, 0.717) is 12.2 Å². The number of rotatable bonds is 4. The van der Waals surface area contributed by atoms with Crippen molar-refractivity contribution in [3.05, 3.63) is 35.1 Å². The van der Waals surface area contributed by atoms with Gasteiger partial charge in [-0.05, 0) is 30.5 Å². The van der Waals surface area contributed by atoms with Crippen molar-refractivity contribution in [3.8, 4) is 5.75 Å². The first-order chi connectivity index (χ1) is 9.60. The number of carboxylic acids is 1. The van der Waals surface area contributed by atoms with Crippen LogP contribution in [0, 0.1) is 0 Å². The van der Waals surface area contributed by atoms with Gasteiger partial charge in [0.25, 0.3) is 0 Å². The quantitative estimate of drug-likeness (QED) is 0.362. The van der Waals surface area contributed by atoms with E-state index in [1.54, 1.807) is 23.9 Å². The van der Waals surface area contributed by atoms with Crippen LogP contribution in [0.15, 0.2) is 39.9 Å². The Morgan fingerprint density at radius 3 is 2.62 bits per heavy atom. The van der Waals surface area contributed by atoms with E-state index in [-0.39, 0.29) is 51.6 Å². The van der Waals surface area contributed by atoms with Gasteiger partial charge in [0.2, 0.25) is 5.91 Å². The number of amides is 1. The fourth-order valence-corrected chi connectivity index (χ4v) is 3.68. The number of carbonyl (C=O) groups is 2. The first-order valence-corrected chi connectivity index (χ1v) is 7.97. The van der Waals surface area contributed by atoms with Gasteiger partial charge in [-0.25, -0.2) is 0 Å². The van der Waals surface area contributed by atoms with Crippen molar-refractivity contribution >= 4 is 35.4 Å². The van der Waals surface area contributed by atoms with E-state index in [9.17, 15) is 14.7 Å². The molecule has 0 spiro atoms. The van der Waals surface area contributed by atoms with Crippen LogP contribution < -0.4 is 39.4 Å². The van der Waals surface area contributed by atoms with Crippen LogP contribution in [0.2, 0.25) is 0 Å². The van der Waals surface area contributed by atoms with Crippen LogP contribution in [0.4, 0.5) is 0 Å². The molecule has 1 amide bonds. The summed E-state index contributed by atoms with van der Waals surface area (Å²) in [4.78, 5) is 24.9. The minimum Gasteiger partial charge on any atom is -0.543 e. The number of nitrogens with zero attached hydrogens (tertiary/aromatic N) is 1. The number of hydrogen-bond acceptors (Lipinski definition) is 6. The van der Waals surface area contributed by atoms with Crippen molar-refractivity contribution in [3.63, 3.8) is 0 Å². The molecule has 2 aliphatic heterocycles. The van der Waals surface area contributed by atoms with Crippen LogP contribution in [-0.4, -0.2) is 28.4 Å². The molecular formula is C13H10NNaO4S2. The number of aliphatic carboxylic acids is 1. The van der Waals surface area contributed by atoms with E-state index in [4.69, 9.17) is 4.74 Å². The van der Waals surface area contributed by atoms with Crippen molar-refractivity contribution in [1.82, 2.24) is 4.90 Å². The van der Waals surface area contributed by atoms with Gasteiger partial charge in [-0.15, -0.1) is 11.8 Å². The molecule has 0 radical (unpaired) electrons. The first kappa shape index (κ1) is 16.8. The molecule has 104 valence electrons. The zero-order valence-electron chi connectivity index (χ0n) is 11.5. The molecule has 3 rings (SSSR count). The van der Waals surface area contributed by atoms with E-state index in [2.05, 4.69) is 0 Å². The smallest absolute Gasteiger partial charge is 0.543 e. The Hall–Kier alpha value is -0.600. The summed E-state index contributed by atoms with van der Waals surface area (Å²) in [6, 6.07) is 7.31. The topological polar surface area (TPSA) is 69.7 Å². The molecule has 0 saturated carbocycles. The fraction of sp³-hybridized carbons (Fsp3) is 0.231. The van der Waals surface area contributed by atoms with E-state index in [1.807, 2.05) is 18.4 Å². The summed E-state index contributed by atoms with van der Waals surface area (Å²) in [5.74, 6) is -1.05. The molecule has 1 aromatic carbocycles. The third-order valence-corrected chi connectivity index (χ3v) is 4.93. The van der Waals surface area contributed by atoms with Gasteiger partial charge in [0.15, 0.2) is 5.09 Å². The molecule has 21 heavy (non-hydrogen) atoms. The Labute approximate surface area is 152 Å². The molecule has 0 aromatic heterocycles. The van der Waals surface area contributed by atoms with E-state index in [1.165, 1.54) is 16.7 Å². The Morgan fingerprint density at radius 1 is 1.43 bits per heavy atom. The normalized spacial score (nSPS) is 19.8. The third-order valence-electron chi connectivity index (χ3n) is 3.05. The molecule has 1 aromatic rings. The van der Waals surface area contributed by atoms with Gasteiger partial charge >= 0.3 is 29.6 Å². The summed E-state index contributed by atoms with van der Waals surface area (Å²) in [7, 11) is 0. The summed E-state index contributed by atoms with van der Waals surface area (Å²) < 4.78 is 5.60. The standard InChI is InChI=1S/C13H11NO4S2.Na/c1-19-8-4-2-7(3-5-8)18-13-11(12(16)17)14-9(15)6-10(14)20-13;/h2-5,10H,6H2,1H3,(H,16,17);/q;+1/p-1. The Bertz CT molecular complexity index is 617. The Kier molecular flexibility index (Phi) is 5.32. The fourth-order valence-electron chi connectivity index (χ4n) is 2.03. The summed E-state index contributed by atoms with van der Waals surface area (Å²) in [5, 5.41) is 11.2. The number of β-lactam (4-membered cyclic amide) rings is 1. The van der Waals surface area contributed by atoms with Crippen LogP contribution in [0.3, 0.4) is 0 Å². The second-order valence-electron chi connectivity index (χ2n) is 4.24. The van der Waals surface area contributed by atoms with Crippen LogP contribution in [-0.2, 0) is 9.59 Å². The van der Waals surface area contributed by atoms with E-state index in [0.717, 1.165) is 4.90 Å². The van der Waals surface area contributed by atoms with Crippen LogP contribution in [0.1, 0.15) is 6.42 Å². The predicted octanol–water partition coefficient (Wildman–Crippen LogP) is -1.98. The van der Waals surface area contributed by atoms with Gasteiger partial charge in [0, 0.05) is 4.90 Å². The van der Waals surface area contributed by atoms with Crippen molar-refractivity contribution in [2.45, 2.75) is 16.7 Å². The zero-order valence-corrected chi connectivity index (χ0v) is 15.1. The second-order valence-corrected chi connectivity index (χ2v) is 6.27. The van der Waals surface area contributed by atoms with Gasteiger partial charge in [-0.1, -0.05) is 11.8 Å². The van der Waals surface area contributed by atoms with Crippen molar-refractivity contribution in [2.24, 2.45) is 0 Å². The van der Waals surface area contributed by atoms with Crippen molar-refractivity contribution < 1.29 is 49.0 Å². The summed E-state index contributed by atoms with van der Waals surface area (Å²) in [6.07, 6.45) is 2.30. The summed E-state index contributed by atoms with van der Waals surface area (Å²) >= 11 is 2.85. The second kappa shape index (κ2) is 6.66. The number of carbonyl (C=O) groups excluding carboxylic acids is 2. The van der Waals surface area contributed by atoms with Gasteiger partial charge in [-0.2, -0.15) is 0 Å². The molecule has 0 bridgehead atoms. The molecule has 1 unspecified atom stereocenters. The van der Waals surface area contributed by atoms with Crippen molar-refractivity contribution in [2.75, 3.05) is 6.26 Å². The average Bonchev–Trinajstić information content (AvgIpc) is 2.72. The maximum atomic E-state index is 11.4. The monoisotopic (exact) mass is 331 g/mol. The van der Waals surface area contributed by atoms with Crippen molar-refractivity contribution in [1.29, 1.82) is 0 Å². The minimum absolute atomic E-state index is 0. The van der Waals surface area contributed by atoms with Gasteiger partial charge in [0.05, 0.1) is 17.8 Å². The molecule has 2 heterocycles. The first-order valence-electron chi connectivity index (χ1n) is 5.86. The van der Waals surface area contributed by atoms with Crippen LogP contribution >= 0.6 is 23.5 Å². The maximum Gasteiger partial charge on any atom is 1.00 e. The minimum atomic E-state index is -1.39. The number of carboxylic acid groups (broad SMARTS) is 1. The number of benzene rings is 1. The summed E-state index contributed by atoms with van der Waals surface area (Å²) in [5.41, 5.74) is -0.162. The number of thioether (sulfide) groups is 2. The SMILES string of the molecule is CSc1ccc(OC2=C(C(=O)[O-])N3C(=O)CC3S2)cc1.[Na+]. The molecule has 2 aliphatic rings. The van der Waals surface area contributed by atoms with Gasteiger partial charge < -0.3 is 14.6 Å². The van der Waals surface area contributed by atoms with Crippen LogP contribution in [0.25, 0.3) is 0 Å². The predicted molar refractivity (Wildman–Crippen MR) is 73.7 cm³/mol. The average molecular weight is 331 g/mol. The third kappa shape index (κ3) is 3.12. The Morgan fingerprint density at radius 2 is 2.10 bits per heavy atom. The molecule has 1 fully saturated rings. The Balaban J connectivity index is 0.00000161. The number of fused-ring (bicyclic) bond motifs is 1. The molecule has 1 saturated heterocycles. The van der Waals surface area contributed by atoms with Gasteiger partial charge in [-0.3, -0.25) is 9.69 Å². The van der Waals surface area contributed by atoms with Crippen LogP contribution in [0.5, 0.6) is 5.75 Å². The summed E-state index contributed by atoms with van der Waals surface area (Å²) in [6.45, 7) is 0. The van der Waals surface area contributed by atoms with E-state index >= 15 is 0 Å². The van der Waals surface area contributed by atoms with E-state index < -0.39 is 5.97 Å². The maximum absolute atomic E-state index is 11.4. The molecule has 1 atom stereocenters.